The van der Waals surface area contributed by atoms with Crippen LogP contribution in [-0.2, 0) is 28.9 Å². The number of nitrogens with two attached hydrogens (primary N) is 2. The maximum atomic E-state index is 12.8. The van der Waals surface area contributed by atoms with Crippen molar-refractivity contribution < 1.29 is 75.0 Å². The van der Waals surface area contributed by atoms with E-state index in [9.17, 15) is 45.5 Å². The fourth-order valence-corrected chi connectivity index (χ4v) is 3.44. The summed E-state index contributed by atoms with van der Waals surface area (Å²) in [7, 11) is 0. The second-order valence-electron chi connectivity index (χ2n) is 12.1. The highest BCUT2D eigenvalue weighted by atomic mass is 19.4. The molecular weight excluding hydrogens is 742 g/mol. The van der Waals surface area contributed by atoms with Gasteiger partial charge in [-0.05, 0) is 81.6 Å². The molecule has 0 aromatic heterocycles. The summed E-state index contributed by atoms with van der Waals surface area (Å²) in [6, 6.07) is 5.91. The van der Waals surface area contributed by atoms with E-state index in [-0.39, 0.29) is 34.8 Å². The topological polar surface area (TPSA) is 262 Å². The molecule has 0 heterocycles. The molecule has 310 valence electrons. The molecule has 0 unspecified atom stereocenters. The van der Waals surface area contributed by atoms with Crippen LogP contribution in [0.15, 0.2) is 24.3 Å². The molecule has 0 saturated carbocycles. The quantitative estimate of drug-likeness (QED) is 0.0539. The number of carbonyl (C=O) groups excluding carboxylic acids is 4. The zero-order valence-electron chi connectivity index (χ0n) is 30.3. The van der Waals surface area contributed by atoms with E-state index in [4.69, 9.17) is 40.9 Å². The number of unbranched alkanes of at least 4 members (excludes halogenated alkanes) is 2. The van der Waals surface area contributed by atoms with Crippen molar-refractivity contribution >= 4 is 35.6 Å². The SMILES string of the molecule is CC(C)CNC(=O)[C@@H](CCCCN)ONC(=O)c1cccc(C(=O)NO[C@H](CCCCN)C(=O)NCC(C)C)c1.O=C(O)C(F)(F)F.O=C(O)C(F)(F)F. The summed E-state index contributed by atoms with van der Waals surface area (Å²) in [5, 5.41) is 19.9. The first-order valence-corrected chi connectivity index (χ1v) is 16.6. The van der Waals surface area contributed by atoms with Gasteiger partial charge in [0.05, 0.1) is 0 Å². The Morgan fingerprint density at radius 2 is 0.963 bits per heavy atom. The summed E-state index contributed by atoms with van der Waals surface area (Å²) in [5.41, 5.74) is 16.0. The van der Waals surface area contributed by atoms with Crippen LogP contribution in [0, 0.1) is 11.8 Å². The van der Waals surface area contributed by atoms with Gasteiger partial charge in [-0.1, -0.05) is 33.8 Å². The Kier molecular flexibility index (Phi) is 25.9. The number of carbonyl (C=O) groups is 6. The number of hydroxylamine groups is 2. The molecule has 0 aliphatic carbocycles. The number of halogens is 6. The van der Waals surface area contributed by atoms with Crippen molar-refractivity contribution in [1.29, 1.82) is 0 Å². The van der Waals surface area contributed by atoms with E-state index in [0.717, 1.165) is 12.8 Å². The number of hydrogen-bond donors (Lipinski definition) is 8. The van der Waals surface area contributed by atoms with Gasteiger partial charge in [-0.25, -0.2) is 20.5 Å². The van der Waals surface area contributed by atoms with Crippen LogP contribution in [0.25, 0.3) is 0 Å². The Morgan fingerprint density at radius 1 is 0.648 bits per heavy atom. The molecule has 1 rings (SSSR count). The van der Waals surface area contributed by atoms with Crippen molar-refractivity contribution in [3.63, 3.8) is 0 Å². The first-order valence-electron chi connectivity index (χ1n) is 16.6. The number of nitrogens with one attached hydrogen (secondary N) is 4. The van der Waals surface area contributed by atoms with Crippen molar-refractivity contribution in [2.75, 3.05) is 26.2 Å². The molecule has 0 aliphatic rings. The summed E-state index contributed by atoms with van der Waals surface area (Å²) >= 11 is 0. The molecule has 0 fully saturated rings. The minimum Gasteiger partial charge on any atom is -0.475 e. The van der Waals surface area contributed by atoms with Gasteiger partial charge in [0.2, 0.25) is 0 Å². The average Bonchev–Trinajstić information content (AvgIpc) is 3.08. The highest BCUT2D eigenvalue weighted by Gasteiger charge is 2.39. The Bertz CT molecular complexity index is 1220. The molecule has 0 bridgehead atoms. The van der Waals surface area contributed by atoms with Gasteiger partial charge in [-0.15, -0.1) is 0 Å². The van der Waals surface area contributed by atoms with Gasteiger partial charge >= 0.3 is 24.3 Å². The molecule has 1 aromatic carbocycles. The van der Waals surface area contributed by atoms with E-state index in [0.29, 0.717) is 51.9 Å². The summed E-state index contributed by atoms with van der Waals surface area (Å²) in [5.74, 6) is -6.88. The standard InChI is InChI=1S/C28H48N6O6.2C2HF3O2/c1-19(2)17-31-27(37)23(12-5-7-14-29)39-33-25(35)21-10-9-11-22(16-21)26(36)34-40-24(13-6-8-15-30)28(38)32-18-20(3)4;2*3-2(4,5)1(6)7/h9-11,16,19-20,23-24H,5-8,12-15,17-18,29-30H2,1-4H3,(H,31,37)(H,32,38)(H,33,35)(H,34,36);2*(H,6,7)/t23-,24-;;/m1../s1. The molecule has 10 N–H and O–H groups in total. The van der Waals surface area contributed by atoms with Crippen LogP contribution in [0.5, 0.6) is 0 Å². The van der Waals surface area contributed by atoms with Gasteiger partial charge in [-0.3, -0.25) is 28.9 Å². The van der Waals surface area contributed by atoms with Crippen LogP contribution in [0.2, 0.25) is 0 Å². The first kappa shape index (κ1) is 51.6. The second kappa shape index (κ2) is 27.1. The smallest absolute Gasteiger partial charge is 0.475 e. The minimum absolute atomic E-state index is 0.144. The lowest BCUT2D eigenvalue weighted by Gasteiger charge is -2.19. The predicted octanol–water partition coefficient (Wildman–Crippen LogP) is 2.82. The molecule has 0 radical (unpaired) electrons. The maximum absolute atomic E-state index is 12.8. The van der Waals surface area contributed by atoms with Crippen LogP contribution < -0.4 is 33.1 Å². The summed E-state index contributed by atoms with van der Waals surface area (Å²) in [6.07, 6.45) is -8.40. The first-order chi connectivity index (χ1) is 25.0. The van der Waals surface area contributed by atoms with Crippen LogP contribution in [0.4, 0.5) is 26.3 Å². The summed E-state index contributed by atoms with van der Waals surface area (Å²) < 4.78 is 63.5. The van der Waals surface area contributed by atoms with E-state index in [2.05, 4.69) is 21.6 Å². The Labute approximate surface area is 307 Å². The molecule has 0 spiro atoms. The fraction of sp³-hybridized carbons (Fsp3) is 0.625. The Balaban J connectivity index is 0. The van der Waals surface area contributed by atoms with Gasteiger partial charge in [0.1, 0.15) is 0 Å². The molecule has 2 atom stereocenters. The van der Waals surface area contributed by atoms with Crippen LogP contribution in [0.1, 0.15) is 86.9 Å². The zero-order valence-corrected chi connectivity index (χ0v) is 30.3. The normalized spacial score (nSPS) is 12.3. The number of benzene rings is 1. The number of alkyl halides is 6. The molecule has 22 heteroatoms. The lowest BCUT2D eigenvalue weighted by molar-refractivity contribution is -0.193. The third kappa shape index (κ3) is 25.4. The highest BCUT2D eigenvalue weighted by molar-refractivity contribution is 5.99. The number of carboxylic acid groups (broad SMARTS) is 2. The number of hydrogen-bond acceptors (Lipinski definition) is 10. The molecule has 16 nitrogen and oxygen atoms in total. The van der Waals surface area contributed by atoms with Crippen molar-refractivity contribution in [2.45, 2.75) is 90.8 Å². The monoisotopic (exact) mass is 792 g/mol. The second-order valence-corrected chi connectivity index (χ2v) is 12.1. The lowest BCUT2D eigenvalue weighted by Crippen LogP contribution is -2.42. The summed E-state index contributed by atoms with van der Waals surface area (Å²) in [6.45, 7) is 9.85. The van der Waals surface area contributed by atoms with Gasteiger partial charge in [0.25, 0.3) is 23.6 Å². The van der Waals surface area contributed by atoms with Crippen molar-refractivity contribution in [1.82, 2.24) is 21.6 Å². The molecular formula is C32H50F6N6O10. The molecule has 54 heavy (non-hydrogen) atoms. The van der Waals surface area contributed by atoms with E-state index in [1.54, 1.807) is 0 Å². The maximum Gasteiger partial charge on any atom is 0.490 e. The van der Waals surface area contributed by atoms with Crippen molar-refractivity contribution in [3.8, 4) is 0 Å². The predicted molar refractivity (Wildman–Crippen MR) is 180 cm³/mol. The van der Waals surface area contributed by atoms with Gasteiger partial charge < -0.3 is 32.3 Å². The molecule has 4 amide bonds. The third-order valence-electron chi connectivity index (χ3n) is 6.25. The Morgan fingerprint density at radius 3 is 1.22 bits per heavy atom. The third-order valence-corrected chi connectivity index (χ3v) is 6.25. The van der Waals surface area contributed by atoms with E-state index < -0.39 is 48.3 Å². The van der Waals surface area contributed by atoms with Crippen LogP contribution in [0.3, 0.4) is 0 Å². The molecule has 0 aliphatic heterocycles. The number of rotatable bonds is 20. The van der Waals surface area contributed by atoms with Gasteiger partial charge in [0, 0.05) is 24.2 Å². The lowest BCUT2D eigenvalue weighted by atomic mass is 10.1. The van der Waals surface area contributed by atoms with Crippen LogP contribution >= 0.6 is 0 Å². The highest BCUT2D eigenvalue weighted by Crippen LogP contribution is 2.14. The van der Waals surface area contributed by atoms with Crippen molar-refractivity contribution in [2.24, 2.45) is 23.3 Å². The van der Waals surface area contributed by atoms with E-state index >= 15 is 0 Å². The molecule has 0 saturated heterocycles. The minimum atomic E-state index is -5.08. The fourth-order valence-electron chi connectivity index (χ4n) is 3.44. The average molecular weight is 793 g/mol. The van der Waals surface area contributed by atoms with Gasteiger partial charge in [-0.2, -0.15) is 26.3 Å². The Hall–Kier alpha value is -4.54. The van der Waals surface area contributed by atoms with E-state index in [1.807, 2.05) is 27.7 Å². The van der Waals surface area contributed by atoms with Gasteiger partial charge in [0.15, 0.2) is 12.2 Å². The number of aliphatic carboxylic acids is 2. The number of amides is 4. The van der Waals surface area contributed by atoms with E-state index in [1.165, 1.54) is 24.3 Å². The summed E-state index contributed by atoms with van der Waals surface area (Å²) in [4.78, 5) is 79.3. The number of carboxylic acids is 2. The van der Waals surface area contributed by atoms with Crippen LogP contribution in [-0.4, -0.2) is 96.5 Å². The molecule has 1 aromatic rings. The largest absolute Gasteiger partial charge is 0.490 e. The van der Waals surface area contributed by atoms with Crippen molar-refractivity contribution in [3.05, 3.63) is 35.4 Å². The zero-order chi connectivity index (χ0) is 42.1.